The maximum Gasteiger partial charge on any atom is 0.128 e. The Morgan fingerprint density at radius 3 is 2.90 bits per heavy atom. The molecule has 0 spiro atoms. The number of fused-ring (bicyclic) bond motifs is 1. The first-order chi connectivity index (χ1) is 9.58. The van der Waals surface area contributed by atoms with Crippen LogP contribution >= 0.6 is 11.6 Å². The zero-order chi connectivity index (χ0) is 14.3. The second-order valence-electron chi connectivity index (χ2n) is 5.96. The molecule has 2 atom stereocenters. The van der Waals surface area contributed by atoms with Gasteiger partial charge in [-0.15, -0.1) is 11.6 Å². The third-order valence-corrected chi connectivity index (χ3v) is 4.46. The highest BCUT2D eigenvalue weighted by Crippen LogP contribution is 2.32. The van der Waals surface area contributed by atoms with E-state index in [0.717, 1.165) is 17.9 Å². The van der Waals surface area contributed by atoms with Gasteiger partial charge in [-0.25, -0.2) is 4.98 Å². The van der Waals surface area contributed by atoms with E-state index in [2.05, 4.69) is 41.6 Å². The van der Waals surface area contributed by atoms with Gasteiger partial charge in [0.25, 0.3) is 0 Å². The summed E-state index contributed by atoms with van der Waals surface area (Å²) in [6.45, 7) is 6.40. The summed E-state index contributed by atoms with van der Waals surface area (Å²) in [6, 6.07) is 6.89. The molecule has 0 N–H and O–H groups in total. The summed E-state index contributed by atoms with van der Waals surface area (Å²) in [5.74, 6) is 1.01. The van der Waals surface area contributed by atoms with Crippen LogP contribution in [0.2, 0.25) is 0 Å². The summed E-state index contributed by atoms with van der Waals surface area (Å²) in [7, 11) is 2.19. The van der Waals surface area contributed by atoms with Crippen molar-refractivity contribution in [3.63, 3.8) is 0 Å². The number of rotatable bonds is 2. The van der Waals surface area contributed by atoms with Gasteiger partial charge in [-0.3, -0.25) is 0 Å². The summed E-state index contributed by atoms with van der Waals surface area (Å²) < 4.78 is 2.38. The highest BCUT2D eigenvalue weighted by Gasteiger charge is 2.25. The molecule has 1 saturated heterocycles. The van der Waals surface area contributed by atoms with Gasteiger partial charge in [-0.1, -0.05) is 12.1 Å². The summed E-state index contributed by atoms with van der Waals surface area (Å²) in [4.78, 5) is 7.23. The number of halogens is 1. The van der Waals surface area contributed by atoms with Gasteiger partial charge < -0.3 is 9.47 Å². The molecule has 3 nitrogen and oxygen atoms in total. The second-order valence-corrected chi connectivity index (χ2v) is 6.61. The van der Waals surface area contributed by atoms with Crippen molar-refractivity contribution in [3.05, 3.63) is 29.6 Å². The molecule has 0 radical (unpaired) electrons. The maximum absolute atomic E-state index is 6.39. The summed E-state index contributed by atoms with van der Waals surface area (Å²) >= 11 is 6.39. The zero-order valence-electron chi connectivity index (χ0n) is 12.4. The predicted molar refractivity (Wildman–Crippen MR) is 84.5 cm³/mol. The van der Waals surface area contributed by atoms with Gasteiger partial charge in [-0.05, 0) is 51.9 Å². The van der Waals surface area contributed by atoms with Crippen LogP contribution in [0.4, 0.5) is 0 Å². The minimum atomic E-state index is -0.0611. The number of aromatic nitrogens is 2. The van der Waals surface area contributed by atoms with Gasteiger partial charge in [-0.2, -0.15) is 0 Å². The maximum atomic E-state index is 6.39. The highest BCUT2D eigenvalue weighted by atomic mass is 35.5. The van der Waals surface area contributed by atoms with Crippen LogP contribution < -0.4 is 0 Å². The van der Waals surface area contributed by atoms with E-state index in [9.17, 15) is 0 Å². The topological polar surface area (TPSA) is 21.1 Å². The molecule has 0 amide bonds. The quantitative estimate of drug-likeness (QED) is 0.782. The summed E-state index contributed by atoms with van der Waals surface area (Å²) in [6.07, 6.45) is 2.45. The first kappa shape index (κ1) is 13.9. The minimum absolute atomic E-state index is 0.0611. The van der Waals surface area contributed by atoms with Crippen molar-refractivity contribution >= 4 is 22.6 Å². The number of imidazole rings is 1. The Bertz CT molecular complexity index is 617. The van der Waals surface area contributed by atoms with Gasteiger partial charge in [0.05, 0.1) is 16.4 Å². The van der Waals surface area contributed by atoms with Gasteiger partial charge in [0.15, 0.2) is 0 Å². The Hall–Kier alpha value is -1.06. The average Bonchev–Trinajstić information content (AvgIpc) is 2.80. The van der Waals surface area contributed by atoms with Crippen molar-refractivity contribution in [2.24, 2.45) is 0 Å². The van der Waals surface area contributed by atoms with Crippen LogP contribution in [-0.4, -0.2) is 34.6 Å². The molecular weight excluding hydrogens is 270 g/mol. The molecule has 3 rings (SSSR count). The third kappa shape index (κ3) is 2.33. The number of likely N-dealkylation sites (N-methyl/N-ethyl adjacent to an activating group) is 1. The Balaban J connectivity index is 2.16. The van der Waals surface area contributed by atoms with Gasteiger partial charge in [0.1, 0.15) is 5.82 Å². The molecule has 2 unspecified atom stereocenters. The molecule has 20 heavy (non-hydrogen) atoms. The fraction of sp³-hybridized carbons (Fsp3) is 0.562. The molecule has 1 aliphatic heterocycles. The standard InChI is InChI=1S/C16H22ClN3/c1-11-6-4-8-14-15(11)18-16(12(2)17)20(14)13-7-5-9-19(3)10-13/h4,6,8,12-13H,5,7,9-10H2,1-3H3. The number of hydrogen-bond acceptors (Lipinski definition) is 2. The van der Waals surface area contributed by atoms with Crippen LogP contribution in [0.3, 0.4) is 0 Å². The molecule has 4 heteroatoms. The Morgan fingerprint density at radius 1 is 1.40 bits per heavy atom. The van der Waals surface area contributed by atoms with E-state index in [1.807, 2.05) is 6.92 Å². The lowest BCUT2D eigenvalue weighted by Gasteiger charge is -2.32. The predicted octanol–water partition coefficient (Wildman–Crippen LogP) is 3.91. The Kier molecular flexibility index (Phi) is 3.74. The van der Waals surface area contributed by atoms with E-state index in [0.29, 0.717) is 6.04 Å². The van der Waals surface area contributed by atoms with E-state index >= 15 is 0 Å². The molecule has 108 valence electrons. The Labute approximate surface area is 125 Å². The number of hydrogen-bond donors (Lipinski definition) is 0. The molecule has 1 aromatic heterocycles. The Morgan fingerprint density at radius 2 is 2.20 bits per heavy atom. The lowest BCUT2D eigenvalue weighted by Crippen LogP contribution is -2.34. The zero-order valence-corrected chi connectivity index (χ0v) is 13.2. The molecule has 0 aliphatic carbocycles. The molecule has 1 aliphatic rings. The lowest BCUT2D eigenvalue weighted by atomic mass is 10.1. The molecule has 2 heterocycles. The number of likely N-dealkylation sites (tertiary alicyclic amines) is 1. The number of benzene rings is 1. The van der Waals surface area contributed by atoms with Crippen molar-refractivity contribution in [2.45, 2.75) is 38.1 Å². The van der Waals surface area contributed by atoms with Crippen LogP contribution in [-0.2, 0) is 0 Å². The molecule has 0 bridgehead atoms. The van der Waals surface area contributed by atoms with Gasteiger partial charge in [0, 0.05) is 12.6 Å². The lowest BCUT2D eigenvalue weighted by molar-refractivity contribution is 0.212. The van der Waals surface area contributed by atoms with E-state index in [4.69, 9.17) is 16.6 Å². The van der Waals surface area contributed by atoms with E-state index < -0.39 is 0 Å². The van der Waals surface area contributed by atoms with E-state index in [1.165, 1.54) is 30.5 Å². The fourth-order valence-electron chi connectivity index (χ4n) is 3.29. The fourth-order valence-corrected chi connectivity index (χ4v) is 3.44. The number of para-hydroxylation sites is 1. The normalized spacial score (nSPS) is 22.3. The molecule has 1 aromatic carbocycles. The molecular formula is C16H22ClN3. The van der Waals surface area contributed by atoms with Crippen LogP contribution in [0.25, 0.3) is 11.0 Å². The van der Waals surface area contributed by atoms with E-state index in [-0.39, 0.29) is 5.38 Å². The van der Waals surface area contributed by atoms with Crippen molar-refractivity contribution in [1.82, 2.24) is 14.5 Å². The highest BCUT2D eigenvalue weighted by molar-refractivity contribution is 6.20. The smallest absolute Gasteiger partial charge is 0.128 e. The second kappa shape index (κ2) is 5.38. The monoisotopic (exact) mass is 291 g/mol. The van der Waals surface area contributed by atoms with Gasteiger partial charge in [0.2, 0.25) is 0 Å². The van der Waals surface area contributed by atoms with Crippen LogP contribution in [0.1, 0.15) is 42.6 Å². The SMILES string of the molecule is Cc1cccc2c1nc(C(C)Cl)n2C1CCCN(C)C1. The number of alkyl halides is 1. The van der Waals surface area contributed by atoms with Crippen LogP contribution in [0.15, 0.2) is 18.2 Å². The van der Waals surface area contributed by atoms with Crippen molar-refractivity contribution in [3.8, 4) is 0 Å². The number of piperidine rings is 1. The molecule has 1 fully saturated rings. The number of nitrogens with zero attached hydrogens (tertiary/aromatic N) is 3. The van der Waals surface area contributed by atoms with Crippen molar-refractivity contribution < 1.29 is 0 Å². The number of aryl methyl sites for hydroxylation is 1. The minimum Gasteiger partial charge on any atom is -0.322 e. The van der Waals surface area contributed by atoms with Crippen molar-refractivity contribution in [1.29, 1.82) is 0 Å². The van der Waals surface area contributed by atoms with Crippen LogP contribution in [0, 0.1) is 6.92 Å². The summed E-state index contributed by atoms with van der Waals surface area (Å²) in [5, 5.41) is -0.0611. The largest absolute Gasteiger partial charge is 0.322 e. The van der Waals surface area contributed by atoms with Crippen molar-refractivity contribution in [2.75, 3.05) is 20.1 Å². The average molecular weight is 292 g/mol. The summed E-state index contributed by atoms with van der Waals surface area (Å²) in [5.41, 5.74) is 3.56. The molecule has 2 aromatic rings. The third-order valence-electron chi connectivity index (χ3n) is 4.27. The van der Waals surface area contributed by atoms with E-state index in [1.54, 1.807) is 0 Å². The molecule has 0 saturated carbocycles. The first-order valence-electron chi connectivity index (χ1n) is 7.38. The van der Waals surface area contributed by atoms with Gasteiger partial charge >= 0.3 is 0 Å². The van der Waals surface area contributed by atoms with Crippen LogP contribution in [0.5, 0.6) is 0 Å². The first-order valence-corrected chi connectivity index (χ1v) is 7.81.